The van der Waals surface area contributed by atoms with E-state index in [4.69, 9.17) is 4.74 Å². The van der Waals surface area contributed by atoms with Gasteiger partial charge in [-0.05, 0) is 53.1 Å². The van der Waals surface area contributed by atoms with Crippen molar-refractivity contribution < 1.29 is 4.74 Å². The van der Waals surface area contributed by atoms with E-state index in [9.17, 15) is 0 Å². The summed E-state index contributed by atoms with van der Waals surface area (Å²) in [5, 5.41) is 0. The van der Waals surface area contributed by atoms with Crippen LogP contribution in [-0.2, 0) is 17.8 Å². The van der Waals surface area contributed by atoms with Crippen molar-refractivity contribution >= 4 is 22.6 Å². The number of nitrogens with one attached hydrogen (secondary N) is 1. The monoisotopic (exact) mass is 418 g/mol. The Hall–Kier alpha value is -1.66. The number of nitrogens with zero attached hydrogens (tertiary/aromatic N) is 1. The number of hydrogen-bond acceptors (Lipinski definition) is 2. The van der Waals surface area contributed by atoms with Crippen LogP contribution < -0.4 is 0 Å². The van der Waals surface area contributed by atoms with Crippen LogP contribution in [0.5, 0.6) is 0 Å². The number of rotatable bonds is 7. The van der Waals surface area contributed by atoms with E-state index < -0.39 is 0 Å². The summed E-state index contributed by atoms with van der Waals surface area (Å²) in [5.41, 5.74) is 4.60. The molecule has 0 aliphatic carbocycles. The highest BCUT2D eigenvalue weighted by Gasteiger charge is 2.07. The van der Waals surface area contributed by atoms with Crippen LogP contribution in [0.4, 0.5) is 0 Å². The van der Waals surface area contributed by atoms with Crippen molar-refractivity contribution in [2.24, 2.45) is 0 Å². The third-order valence-corrected chi connectivity index (χ3v) is 4.31. The first-order chi connectivity index (χ1) is 11.3. The van der Waals surface area contributed by atoms with Crippen LogP contribution in [0.1, 0.15) is 17.7 Å². The minimum Gasteiger partial charge on any atom is -0.377 e. The zero-order chi connectivity index (χ0) is 15.9. The highest BCUT2D eigenvalue weighted by molar-refractivity contribution is 14.1. The number of hydrogen-bond donors (Lipinski definition) is 1. The highest BCUT2D eigenvalue weighted by Crippen LogP contribution is 2.20. The van der Waals surface area contributed by atoms with Gasteiger partial charge >= 0.3 is 0 Å². The van der Waals surface area contributed by atoms with E-state index in [0.717, 1.165) is 30.7 Å². The molecule has 0 aliphatic heterocycles. The van der Waals surface area contributed by atoms with Gasteiger partial charge < -0.3 is 9.72 Å². The quantitative estimate of drug-likeness (QED) is 0.441. The van der Waals surface area contributed by atoms with Crippen molar-refractivity contribution in [3.05, 3.63) is 75.8 Å². The van der Waals surface area contributed by atoms with Gasteiger partial charge in [-0.2, -0.15) is 0 Å². The lowest BCUT2D eigenvalue weighted by molar-refractivity contribution is 0.118. The summed E-state index contributed by atoms with van der Waals surface area (Å²) in [6.07, 6.45) is 3.69. The van der Waals surface area contributed by atoms with Crippen molar-refractivity contribution in [3.63, 3.8) is 0 Å². The molecule has 0 spiro atoms. The molecule has 3 rings (SSSR count). The molecule has 1 aromatic heterocycles. The van der Waals surface area contributed by atoms with Gasteiger partial charge in [-0.15, -0.1) is 0 Å². The minimum absolute atomic E-state index is 0.672. The average Bonchev–Trinajstić information content (AvgIpc) is 3.04. The third kappa shape index (κ3) is 4.65. The maximum atomic E-state index is 5.78. The first-order valence-electron chi connectivity index (χ1n) is 7.73. The van der Waals surface area contributed by atoms with Gasteiger partial charge in [0.2, 0.25) is 0 Å². The third-order valence-electron chi connectivity index (χ3n) is 3.64. The summed E-state index contributed by atoms with van der Waals surface area (Å²) in [6, 6.07) is 18.7. The molecule has 2 aromatic carbocycles. The SMILES string of the molecule is Ic1cccc(COCCCc2[nH]cnc2-c2ccccc2)c1. The molecule has 1 heterocycles. The summed E-state index contributed by atoms with van der Waals surface area (Å²) in [4.78, 5) is 7.70. The first kappa shape index (κ1) is 16.2. The van der Waals surface area contributed by atoms with E-state index in [2.05, 4.69) is 69.0 Å². The van der Waals surface area contributed by atoms with Gasteiger partial charge in [0, 0.05) is 21.4 Å². The van der Waals surface area contributed by atoms with Crippen molar-refractivity contribution in [2.75, 3.05) is 6.61 Å². The maximum Gasteiger partial charge on any atom is 0.0929 e. The second-order valence-electron chi connectivity index (χ2n) is 5.38. The van der Waals surface area contributed by atoms with Gasteiger partial charge in [0.25, 0.3) is 0 Å². The Balaban J connectivity index is 1.47. The molecule has 0 unspecified atom stereocenters. The number of aromatic amines is 1. The summed E-state index contributed by atoms with van der Waals surface area (Å²) >= 11 is 2.32. The highest BCUT2D eigenvalue weighted by atomic mass is 127. The van der Waals surface area contributed by atoms with Crippen LogP contribution in [0.15, 0.2) is 60.9 Å². The molecule has 0 radical (unpaired) electrons. The second kappa shape index (κ2) is 8.26. The molecule has 4 heteroatoms. The van der Waals surface area contributed by atoms with Gasteiger partial charge in [0.15, 0.2) is 0 Å². The molecule has 118 valence electrons. The molecule has 1 N–H and O–H groups in total. The standard InChI is InChI=1S/C19H19IN2O/c20-17-9-4-6-15(12-17)13-23-11-5-10-18-19(22-14-21-18)16-7-2-1-3-8-16/h1-4,6-9,12,14H,5,10-11,13H2,(H,21,22). The van der Waals surface area contributed by atoms with E-state index in [-0.39, 0.29) is 0 Å². The van der Waals surface area contributed by atoms with Crippen LogP contribution in [0, 0.1) is 3.57 Å². The molecule has 23 heavy (non-hydrogen) atoms. The number of imidazole rings is 1. The molecular weight excluding hydrogens is 399 g/mol. The smallest absolute Gasteiger partial charge is 0.0929 e. The summed E-state index contributed by atoms with van der Waals surface area (Å²) in [7, 11) is 0. The Labute approximate surface area is 150 Å². The van der Waals surface area contributed by atoms with Gasteiger partial charge in [0.1, 0.15) is 0 Å². The molecule has 0 bridgehead atoms. The van der Waals surface area contributed by atoms with Crippen LogP contribution in [-0.4, -0.2) is 16.6 Å². The van der Waals surface area contributed by atoms with E-state index in [0.29, 0.717) is 6.61 Å². The normalized spacial score (nSPS) is 10.8. The lowest BCUT2D eigenvalue weighted by Crippen LogP contribution is -1.99. The van der Waals surface area contributed by atoms with E-state index in [1.807, 2.05) is 18.2 Å². The van der Waals surface area contributed by atoms with E-state index >= 15 is 0 Å². The Morgan fingerprint density at radius 2 is 1.91 bits per heavy atom. The van der Waals surface area contributed by atoms with Crippen molar-refractivity contribution in [2.45, 2.75) is 19.4 Å². The number of H-pyrrole nitrogens is 1. The van der Waals surface area contributed by atoms with Crippen LogP contribution in [0.25, 0.3) is 11.3 Å². The van der Waals surface area contributed by atoms with Gasteiger partial charge in [0.05, 0.1) is 18.6 Å². The predicted molar refractivity (Wildman–Crippen MR) is 101 cm³/mol. The van der Waals surface area contributed by atoms with Crippen LogP contribution >= 0.6 is 22.6 Å². The number of ether oxygens (including phenoxy) is 1. The fourth-order valence-electron chi connectivity index (χ4n) is 2.52. The molecular formula is C19H19IN2O. The summed E-state index contributed by atoms with van der Waals surface area (Å²) in [5.74, 6) is 0. The number of benzene rings is 2. The minimum atomic E-state index is 0.672. The first-order valence-corrected chi connectivity index (χ1v) is 8.80. The number of aromatic nitrogens is 2. The predicted octanol–water partition coefficient (Wildman–Crippen LogP) is 4.83. The molecule has 0 fully saturated rings. The van der Waals surface area contributed by atoms with Crippen molar-refractivity contribution in [3.8, 4) is 11.3 Å². The Bertz CT molecular complexity index is 740. The topological polar surface area (TPSA) is 37.9 Å². The largest absolute Gasteiger partial charge is 0.377 e. The average molecular weight is 418 g/mol. The Kier molecular flexibility index (Phi) is 5.82. The van der Waals surface area contributed by atoms with Gasteiger partial charge in [-0.3, -0.25) is 0 Å². The number of halogens is 1. The fourth-order valence-corrected chi connectivity index (χ4v) is 3.13. The molecule has 3 aromatic rings. The maximum absolute atomic E-state index is 5.78. The fraction of sp³-hybridized carbons (Fsp3) is 0.211. The van der Waals surface area contributed by atoms with Crippen molar-refractivity contribution in [1.82, 2.24) is 9.97 Å². The summed E-state index contributed by atoms with van der Waals surface area (Å²) < 4.78 is 7.03. The zero-order valence-corrected chi connectivity index (χ0v) is 15.0. The second-order valence-corrected chi connectivity index (χ2v) is 6.63. The molecule has 0 aliphatic rings. The molecule has 0 saturated carbocycles. The Morgan fingerprint density at radius 3 is 2.74 bits per heavy atom. The molecule has 0 atom stereocenters. The number of aryl methyl sites for hydroxylation is 1. The van der Waals surface area contributed by atoms with Crippen LogP contribution in [0.2, 0.25) is 0 Å². The van der Waals surface area contributed by atoms with E-state index in [1.165, 1.54) is 14.8 Å². The summed E-state index contributed by atoms with van der Waals surface area (Å²) in [6.45, 7) is 1.42. The van der Waals surface area contributed by atoms with Crippen LogP contribution in [0.3, 0.4) is 0 Å². The zero-order valence-electron chi connectivity index (χ0n) is 12.8. The molecule has 3 nitrogen and oxygen atoms in total. The Morgan fingerprint density at radius 1 is 1.04 bits per heavy atom. The lowest BCUT2D eigenvalue weighted by Gasteiger charge is -2.06. The van der Waals surface area contributed by atoms with Gasteiger partial charge in [-0.1, -0.05) is 42.5 Å². The van der Waals surface area contributed by atoms with Crippen molar-refractivity contribution in [1.29, 1.82) is 0 Å². The lowest BCUT2D eigenvalue weighted by atomic mass is 10.1. The van der Waals surface area contributed by atoms with Gasteiger partial charge in [-0.25, -0.2) is 4.98 Å². The molecule has 0 amide bonds. The molecule has 0 saturated heterocycles. The van der Waals surface area contributed by atoms with E-state index in [1.54, 1.807) is 6.33 Å².